The van der Waals surface area contributed by atoms with Gasteiger partial charge in [0.2, 0.25) is 5.91 Å². The zero-order valence-corrected chi connectivity index (χ0v) is 14.9. The first kappa shape index (κ1) is 20.1. The number of carbonyl (C=O) groups excluding carboxylic acids is 3. The van der Waals surface area contributed by atoms with E-state index in [1.165, 1.54) is 7.11 Å². The molecule has 1 aromatic rings. The summed E-state index contributed by atoms with van der Waals surface area (Å²) in [6.45, 7) is 1.59. The van der Waals surface area contributed by atoms with Crippen molar-refractivity contribution in [2.45, 2.75) is 25.4 Å². The molecule has 1 rings (SSSR count). The van der Waals surface area contributed by atoms with E-state index in [2.05, 4.69) is 20.1 Å². The van der Waals surface area contributed by atoms with E-state index in [0.29, 0.717) is 15.7 Å². The summed E-state index contributed by atoms with van der Waals surface area (Å²) in [5.41, 5.74) is 0.578. The maximum Gasteiger partial charge on any atom is 0.328 e. The van der Waals surface area contributed by atoms with Crippen LogP contribution in [0.2, 0.25) is 10.0 Å². The standard InChI is InChI=1S/C15H18Cl2N2O5/c1-8(18-9-4-5-10(16)11(17)6-9)14(21)19-12(15(22)24-3)7-13(20)23-2/h4-6,8,12,18H,7H2,1-3H3,(H,19,21)/t8-,12+/m1/s1. The van der Waals surface area contributed by atoms with Gasteiger partial charge in [-0.1, -0.05) is 23.2 Å². The normalized spacial score (nSPS) is 12.7. The van der Waals surface area contributed by atoms with E-state index < -0.39 is 29.9 Å². The summed E-state index contributed by atoms with van der Waals surface area (Å²) in [7, 11) is 2.35. The van der Waals surface area contributed by atoms with Crippen molar-refractivity contribution < 1.29 is 23.9 Å². The quantitative estimate of drug-likeness (QED) is 0.707. The van der Waals surface area contributed by atoms with Crippen molar-refractivity contribution in [2.24, 2.45) is 0 Å². The highest BCUT2D eigenvalue weighted by molar-refractivity contribution is 6.42. The van der Waals surface area contributed by atoms with Gasteiger partial charge < -0.3 is 20.1 Å². The number of hydrogen-bond acceptors (Lipinski definition) is 6. The van der Waals surface area contributed by atoms with Crippen LogP contribution in [0.1, 0.15) is 13.3 Å². The third-order valence-corrected chi connectivity index (χ3v) is 3.84. The van der Waals surface area contributed by atoms with E-state index in [4.69, 9.17) is 23.2 Å². The van der Waals surface area contributed by atoms with Crippen molar-refractivity contribution in [2.75, 3.05) is 19.5 Å². The zero-order chi connectivity index (χ0) is 18.3. The predicted octanol–water partition coefficient (Wildman–Crippen LogP) is 2.01. The van der Waals surface area contributed by atoms with Crippen LogP contribution in [-0.2, 0) is 23.9 Å². The Morgan fingerprint density at radius 3 is 2.33 bits per heavy atom. The number of anilines is 1. The number of esters is 2. The largest absolute Gasteiger partial charge is 0.469 e. The van der Waals surface area contributed by atoms with Gasteiger partial charge in [0.05, 0.1) is 30.7 Å². The number of halogens is 2. The van der Waals surface area contributed by atoms with Crippen molar-refractivity contribution >= 4 is 46.7 Å². The number of methoxy groups -OCH3 is 2. The molecule has 0 saturated carbocycles. The Labute approximate surface area is 149 Å². The first-order chi connectivity index (χ1) is 11.3. The van der Waals surface area contributed by atoms with Gasteiger partial charge in [0.15, 0.2) is 0 Å². The summed E-state index contributed by atoms with van der Waals surface area (Å²) < 4.78 is 9.07. The number of benzene rings is 1. The number of ether oxygens (including phenoxy) is 2. The highest BCUT2D eigenvalue weighted by Crippen LogP contribution is 2.25. The Morgan fingerprint density at radius 2 is 1.79 bits per heavy atom. The second kappa shape index (κ2) is 9.34. The van der Waals surface area contributed by atoms with Crippen LogP contribution in [0.5, 0.6) is 0 Å². The molecule has 0 aliphatic carbocycles. The average molecular weight is 377 g/mol. The molecule has 1 aromatic carbocycles. The molecule has 0 radical (unpaired) electrons. The minimum absolute atomic E-state index is 0.325. The smallest absolute Gasteiger partial charge is 0.328 e. The van der Waals surface area contributed by atoms with Gasteiger partial charge in [-0.05, 0) is 25.1 Å². The van der Waals surface area contributed by atoms with Gasteiger partial charge in [-0.25, -0.2) is 4.79 Å². The monoisotopic (exact) mass is 376 g/mol. The fourth-order valence-corrected chi connectivity index (χ4v) is 2.08. The lowest BCUT2D eigenvalue weighted by Crippen LogP contribution is -2.48. The Kier molecular flexibility index (Phi) is 7.81. The van der Waals surface area contributed by atoms with E-state index in [0.717, 1.165) is 7.11 Å². The molecule has 2 atom stereocenters. The van der Waals surface area contributed by atoms with Crippen molar-refractivity contribution in [3.05, 3.63) is 28.2 Å². The van der Waals surface area contributed by atoms with Crippen LogP contribution in [0, 0.1) is 0 Å². The lowest BCUT2D eigenvalue weighted by atomic mass is 10.2. The lowest BCUT2D eigenvalue weighted by Gasteiger charge is -2.20. The Bertz CT molecular complexity index is 624. The van der Waals surface area contributed by atoms with Crippen molar-refractivity contribution in [1.82, 2.24) is 5.32 Å². The minimum atomic E-state index is -1.13. The van der Waals surface area contributed by atoms with E-state index >= 15 is 0 Å². The maximum atomic E-state index is 12.2. The second-order valence-electron chi connectivity index (χ2n) is 4.86. The van der Waals surface area contributed by atoms with Gasteiger partial charge in [-0.3, -0.25) is 9.59 Å². The molecular formula is C15H18Cl2N2O5. The first-order valence-corrected chi connectivity index (χ1v) is 7.70. The molecule has 9 heteroatoms. The fraction of sp³-hybridized carbons (Fsp3) is 0.400. The number of nitrogens with one attached hydrogen (secondary N) is 2. The third kappa shape index (κ3) is 5.90. The predicted molar refractivity (Wildman–Crippen MR) is 90.1 cm³/mol. The molecule has 0 aromatic heterocycles. The average Bonchev–Trinajstić information content (AvgIpc) is 2.56. The Balaban J connectivity index is 2.73. The summed E-state index contributed by atoms with van der Waals surface area (Å²) in [6, 6.07) is 2.98. The molecule has 0 bridgehead atoms. The van der Waals surface area contributed by atoms with Gasteiger partial charge in [0.1, 0.15) is 12.1 Å². The zero-order valence-electron chi connectivity index (χ0n) is 13.4. The van der Waals surface area contributed by atoms with Crippen LogP contribution in [0.25, 0.3) is 0 Å². The van der Waals surface area contributed by atoms with Crippen molar-refractivity contribution in [3.63, 3.8) is 0 Å². The minimum Gasteiger partial charge on any atom is -0.469 e. The maximum absolute atomic E-state index is 12.2. The van der Waals surface area contributed by atoms with Crippen LogP contribution in [-0.4, -0.2) is 44.1 Å². The summed E-state index contributed by atoms with van der Waals surface area (Å²) in [5.74, 6) is -1.88. The topological polar surface area (TPSA) is 93.7 Å². The molecule has 1 amide bonds. The summed E-state index contributed by atoms with van der Waals surface area (Å²) >= 11 is 11.7. The van der Waals surface area contributed by atoms with E-state index in [1.807, 2.05) is 0 Å². The Morgan fingerprint density at radius 1 is 1.12 bits per heavy atom. The van der Waals surface area contributed by atoms with Gasteiger partial charge >= 0.3 is 11.9 Å². The molecule has 0 saturated heterocycles. The number of amides is 1. The highest BCUT2D eigenvalue weighted by atomic mass is 35.5. The number of rotatable bonds is 7. The van der Waals surface area contributed by atoms with Crippen LogP contribution < -0.4 is 10.6 Å². The molecule has 132 valence electrons. The third-order valence-electron chi connectivity index (χ3n) is 3.10. The van der Waals surface area contributed by atoms with Gasteiger partial charge in [0, 0.05) is 5.69 Å². The molecular weight excluding hydrogens is 359 g/mol. The van der Waals surface area contributed by atoms with Crippen molar-refractivity contribution in [3.8, 4) is 0 Å². The molecule has 0 aliphatic heterocycles. The van der Waals surface area contributed by atoms with E-state index in [1.54, 1.807) is 25.1 Å². The molecule has 24 heavy (non-hydrogen) atoms. The van der Waals surface area contributed by atoms with Crippen LogP contribution in [0.4, 0.5) is 5.69 Å². The van der Waals surface area contributed by atoms with Crippen molar-refractivity contribution in [1.29, 1.82) is 0 Å². The SMILES string of the molecule is COC(=O)C[C@H](NC(=O)[C@@H](C)Nc1ccc(Cl)c(Cl)c1)C(=O)OC. The Hall–Kier alpha value is -1.99. The molecule has 0 heterocycles. The van der Waals surface area contributed by atoms with Gasteiger partial charge in [-0.15, -0.1) is 0 Å². The fourth-order valence-electron chi connectivity index (χ4n) is 1.78. The summed E-state index contributed by atoms with van der Waals surface area (Å²) in [4.78, 5) is 35.2. The summed E-state index contributed by atoms with van der Waals surface area (Å²) in [5, 5.41) is 6.09. The molecule has 0 aliphatic rings. The van der Waals surface area contributed by atoms with Crippen LogP contribution in [0.15, 0.2) is 18.2 Å². The van der Waals surface area contributed by atoms with Crippen LogP contribution in [0.3, 0.4) is 0 Å². The van der Waals surface area contributed by atoms with Gasteiger partial charge in [0.25, 0.3) is 0 Å². The number of hydrogen-bond donors (Lipinski definition) is 2. The molecule has 2 N–H and O–H groups in total. The van der Waals surface area contributed by atoms with Crippen LogP contribution >= 0.6 is 23.2 Å². The van der Waals surface area contributed by atoms with Gasteiger partial charge in [-0.2, -0.15) is 0 Å². The van der Waals surface area contributed by atoms with E-state index in [9.17, 15) is 14.4 Å². The molecule has 7 nitrogen and oxygen atoms in total. The second-order valence-corrected chi connectivity index (χ2v) is 5.67. The first-order valence-electron chi connectivity index (χ1n) is 6.95. The summed E-state index contributed by atoms with van der Waals surface area (Å²) in [6.07, 6.45) is -0.325. The number of carbonyl (C=O) groups is 3. The molecule has 0 fully saturated rings. The lowest BCUT2D eigenvalue weighted by molar-refractivity contribution is -0.150. The molecule has 0 spiro atoms. The van der Waals surface area contributed by atoms with E-state index in [-0.39, 0.29) is 6.42 Å². The molecule has 0 unspecified atom stereocenters. The highest BCUT2D eigenvalue weighted by Gasteiger charge is 2.27.